The average Bonchev–Trinajstić information content (AvgIpc) is 2.89. The number of hydrogen-bond acceptors (Lipinski definition) is 3. The summed E-state index contributed by atoms with van der Waals surface area (Å²) in [7, 11) is 3.28. The first kappa shape index (κ1) is 9.57. The van der Waals surface area contributed by atoms with Crippen LogP contribution in [0.3, 0.4) is 0 Å². The predicted octanol–water partition coefficient (Wildman–Crippen LogP) is 1.88. The van der Waals surface area contributed by atoms with Crippen LogP contribution in [0, 0.1) is 0 Å². The molecule has 0 aliphatic heterocycles. The normalized spacial score (nSPS) is 15.9. The lowest BCUT2D eigenvalue weighted by atomic mass is 10.0. The van der Waals surface area contributed by atoms with Crippen LogP contribution in [0.25, 0.3) is 11.3 Å². The zero-order chi connectivity index (χ0) is 11.2. The van der Waals surface area contributed by atoms with Crippen LogP contribution in [-0.2, 0) is 15.3 Å². The van der Waals surface area contributed by atoms with Crippen molar-refractivity contribution >= 4 is 0 Å². The minimum absolute atomic E-state index is 0.821. The van der Waals surface area contributed by atoms with Crippen molar-refractivity contribution in [2.24, 2.45) is 0 Å². The minimum atomic E-state index is -0.821. The van der Waals surface area contributed by atoms with Gasteiger partial charge in [0.05, 0.1) is 17.5 Å². The molecule has 1 aliphatic rings. The van der Waals surface area contributed by atoms with Crippen LogP contribution in [0.2, 0.25) is 0 Å². The zero-order valence-electron chi connectivity index (χ0n) is 9.15. The Kier molecular flexibility index (Phi) is 1.89. The third-order valence-electron chi connectivity index (χ3n) is 3.12. The Balaban J connectivity index is 2.36. The summed E-state index contributed by atoms with van der Waals surface area (Å²) in [5.41, 5.74) is 4.00. The number of nitrogens with one attached hydrogen (secondary N) is 1. The second-order valence-electron chi connectivity index (χ2n) is 3.73. The molecule has 1 heterocycles. The van der Waals surface area contributed by atoms with Gasteiger partial charge in [0.2, 0.25) is 5.79 Å². The van der Waals surface area contributed by atoms with Gasteiger partial charge in [-0.25, -0.2) is 0 Å². The molecule has 1 N–H and O–H groups in total. The molecular weight excluding hydrogens is 204 g/mol. The van der Waals surface area contributed by atoms with E-state index in [1.807, 2.05) is 24.3 Å². The molecule has 16 heavy (non-hydrogen) atoms. The fourth-order valence-electron chi connectivity index (χ4n) is 2.40. The Labute approximate surface area is 93.2 Å². The standard InChI is InChI=1S/C12H12N2O2/c1-15-12(16-2)9-6-4-3-5-8(9)11-10(12)7-13-14-11/h3-7H,1-2H3,(H,13,14). The lowest BCUT2D eigenvalue weighted by molar-refractivity contribution is -0.180. The smallest absolute Gasteiger partial charge is 0.226 e. The summed E-state index contributed by atoms with van der Waals surface area (Å²) in [5.74, 6) is -0.821. The summed E-state index contributed by atoms with van der Waals surface area (Å²) in [6.45, 7) is 0. The summed E-state index contributed by atoms with van der Waals surface area (Å²) in [6, 6.07) is 8.01. The summed E-state index contributed by atoms with van der Waals surface area (Å²) < 4.78 is 11.2. The molecule has 0 spiro atoms. The number of rotatable bonds is 2. The second kappa shape index (κ2) is 3.17. The van der Waals surface area contributed by atoms with E-state index in [1.54, 1.807) is 20.4 Å². The molecule has 82 valence electrons. The number of methoxy groups -OCH3 is 2. The van der Waals surface area contributed by atoms with Crippen molar-refractivity contribution in [3.8, 4) is 11.3 Å². The SMILES string of the molecule is COC1(OC)c2ccccc2-c2[nH]ncc21. The summed E-state index contributed by atoms with van der Waals surface area (Å²) in [6.07, 6.45) is 1.75. The zero-order valence-corrected chi connectivity index (χ0v) is 9.15. The molecule has 0 saturated carbocycles. The van der Waals surface area contributed by atoms with Crippen molar-refractivity contribution in [2.75, 3.05) is 14.2 Å². The molecule has 4 nitrogen and oxygen atoms in total. The molecular formula is C12H12N2O2. The van der Waals surface area contributed by atoms with E-state index in [4.69, 9.17) is 9.47 Å². The van der Waals surface area contributed by atoms with E-state index in [2.05, 4.69) is 10.2 Å². The highest BCUT2D eigenvalue weighted by Gasteiger charge is 2.45. The van der Waals surface area contributed by atoms with Gasteiger partial charge in [-0.3, -0.25) is 5.10 Å². The minimum Gasteiger partial charge on any atom is -0.345 e. The first-order valence-corrected chi connectivity index (χ1v) is 5.07. The molecule has 0 fully saturated rings. The van der Waals surface area contributed by atoms with E-state index in [1.165, 1.54) is 0 Å². The van der Waals surface area contributed by atoms with E-state index in [9.17, 15) is 0 Å². The van der Waals surface area contributed by atoms with E-state index in [-0.39, 0.29) is 0 Å². The third kappa shape index (κ3) is 0.930. The lowest BCUT2D eigenvalue weighted by Gasteiger charge is -2.27. The van der Waals surface area contributed by atoms with Gasteiger partial charge in [-0.1, -0.05) is 24.3 Å². The van der Waals surface area contributed by atoms with Crippen molar-refractivity contribution in [1.82, 2.24) is 10.2 Å². The molecule has 0 radical (unpaired) electrons. The van der Waals surface area contributed by atoms with Crippen LogP contribution in [0.15, 0.2) is 30.5 Å². The molecule has 3 rings (SSSR count). The monoisotopic (exact) mass is 216 g/mol. The van der Waals surface area contributed by atoms with Crippen LogP contribution < -0.4 is 0 Å². The van der Waals surface area contributed by atoms with Crippen LogP contribution in [0.5, 0.6) is 0 Å². The molecule has 1 aliphatic carbocycles. The first-order valence-electron chi connectivity index (χ1n) is 5.07. The molecule has 1 aromatic carbocycles. The highest BCUT2D eigenvalue weighted by molar-refractivity contribution is 5.76. The van der Waals surface area contributed by atoms with Crippen LogP contribution >= 0.6 is 0 Å². The van der Waals surface area contributed by atoms with Crippen molar-refractivity contribution in [1.29, 1.82) is 0 Å². The fraction of sp³-hybridized carbons (Fsp3) is 0.250. The highest BCUT2D eigenvalue weighted by atomic mass is 16.7. The molecule has 0 atom stereocenters. The first-order chi connectivity index (χ1) is 7.83. The number of nitrogens with zero attached hydrogens (tertiary/aromatic N) is 1. The van der Waals surface area contributed by atoms with Crippen LogP contribution in [-0.4, -0.2) is 24.4 Å². The van der Waals surface area contributed by atoms with Gasteiger partial charge in [0.25, 0.3) is 0 Å². The molecule has 1 aromatic heterocycles. The van der Waals surface area contributed by atoms with Crippen LogP contribution in [0.1, 0.15) is 11.1 Å². The topological polar surface area (TPSA) is 47.1 Å². The maximum absolute atomic E-state index is 5.58. The van der Waals surface area contributed by atoms with Gasteiger partial charge in [0.1, 0.15) is 0 Å². The highest BCUT2D eigenvalue weighted by Crippen LogP contribution is 2.48. The van der Waals surface area contributed by atoms with Gasteiger partial charge in [-0.05, 0) is 0 Å². The van der Waals surface area contributed by atoms with Crippen molar-refractivity contribution < 1.29 is 9.47 Å². The Morgan fingerprint density at radius 1 is 1.12 bits per heavy atom. The van der Waals surface area contributed by atoms with Gasteiger partial charge in [0, 0.05) is 25.3 Å². The summed E-state index contributed by atoms with van der Waals surface area (Å²) in [4.78, 5) is 0. The van der Waals surface area contributed by atoms with Crippen molar-refractivity contribution in [2.45, 2.75) is 5.79 Å². The van der Waals surface area contributed by atoms with E-state index in [0.29, 0.717) is 0 Å². The van der Waals surface area contributed by atoms with Crippen molar-refractivity contribution in [3.05, 3.63) is 41.6 Å². The Hall–Kier alpha value is -1.65. The maximum Gasteiger partial charge on any atom is 0.226 e. The Morgan fingerprint density at radius 2 is 1.88 bits per heavy atom. The summed E-state index contributed by atoms with van der Waals surface area (Å²) in [5, 5.41) is 7.04. The van der Waals surface area contributed by atoms with E-state index in [0.717, 1.165) is 22.4 Å². The number of aromatic nitrogens is 2. The predicted molar refractivity (Wildman–Crippen MR) is 58.8 cm³/mol. The van der Waals surface area contributed by atoms with Crippen LogP contribution in [0.4, 0.5) is 0 Å². The van der Waals surface area contributed by atoms with Gasteiger partial charge >= 0.3 is 0 Å². The number of fused-ring (bicyclic) bond motifs is 3. The molecule has 0 saturated heterocycles. The largest absolute Gasteiger partial charge is 0.345 e. The molecule has 0 amide bonds. The number of ether oxygens (including phenoxy) is 2. The molecule has 2 aromatic rings. The average molecular weight is 216 g/mol. The maximum atomic E-state index is 5.58. The number of benzene rings is 1. The Morgan fingerprint density at radius 3 is 2.62 bits per heavy atom. The molecule has 4 heteroatoms. The number of H-pyrrole nitrogens is 1. The van der Waals surface area contributed by atoms with E-state index >= 15 is 0 Å². The van der Waals surface area contributed by atoms with E-state index < -0.39 is 5.79 Å². The van der Waals surface area contributed by atoms with Gasteiger partial charge < -0.3 is 9.47 Å². The summed E-state index contributed by atoms with van der Waals surface area (Å²) >= 11 is 0. The fourth-order valence-corrected chi connectivity index (χ4v) is 2.40. The Bertz CT molecular complexity index is 529. The van der Waals surface area contributed by atoms with Gasteiger partial charge in [-0.2, -0.15) is 5.10 Å². The molecule has 0 bridgehead atoms. The second-order valence-corrected chi connectivity index (χ2v) is 3.73. The third-order valence-corrected chi connectivity index (χ3v) is 3.12. The van der Waals surface area contributed by atoms with Gasteiger partial charge in [-0.15, -0.1) is 0 Å². The van der Waals surface area contributed by atoms with Gasteiger partial charge in [0.15, 0.2) is 0 Å². The van der Waals surface area contributed by atoms with Crippen molar-refractivity contribution in [3.63, 3.8) is 0 Å². The molecule has 0 unspecified atom stereocenters. The number of aromatic amines is 1. The lowest BCUT2D eigenvalue weighted by Crippen LogP contribution is -2.29. The number of hydrogen-bond donors (Lipinski definition) is 1. The quantitative estimate of drug-likeness (QED) is 0.780.